The van der Waals surface area contributed by atoms with E-state index in [1.165, 1.54) is 6.07 Å². The summed E-state index contributed by atoms with van der Waals surface area (Å²) in [6, 6.07) is 20.2. The van der Waals surface area contributed by atoms with Gasteiger partial charge in [0, 0.05) is 22.2 Å². The number of nitro benzene ring substituents is 1. The standard InChI is InChI=1S/C29H22Cl2N2O6S/c1-16(20-4-2-3-5-22(20)30)39-28(36)32-23-15-25(31)40-26(23)18-8-11-21(24(14-18)33(37)38)17-6-9-19(10-7-17)29(12-13-29)27(34)35/h2-11,14-16H,12-13H2,1H3,(H,32,36)(H,34,35)/t16-/m1/s1. The molecule has 0 saturated heterocycles. The first-order valence-corrected chi connectivity index (χ1v) is 13.8. The summed E-state index contributed by atoms with van der Waals surface area (Å²) in [5.41, 5.74) is 2.13. The van der Waals surface area contributed by atoms with Gasteiger partial charge in [-0.25, -0.2) is 4.79 Å². The highest BCUT2D eigenvalue weighted by Gasteiger charge is 2.51. The van der Waals surface area contributed by atoms with Crippen molar-refractivity contribution in [2.75, 3.05) is 5.32 Å². The van der Waals surface area contributed by atoms with Crippen molar-refractivity contribution in [2.24, 2.45) is 0 Å². The van der Waals surface area contributed by atoms with Gasteiger partial charge in [0.15, 0.2) is 0 Å². The number of aliphatic carboxylic acids is 1. The molecule has 1 aliphatic rings. The second kappa shape index (κ2) is 10.9. The topological polar surface area (TPSA) is 119 Å². The van der Waals surface area contributed by atoms with Crippen LogP contribution < -0.4 is 5.32 Å². The largest absolute Gasteiger partial charge is 0.481 e. The minimum Gasteiger partial charge on any atom is -0.481 e. The first-order valence-electron chi connectivity index (χ1n) is 12.2. The number of carbonyl (C=O) groups is 2. The van der Waals surface area contributed by atoms with E-state index in [2.05, 4.69) is 5.32 Å². The molecule has 1 aromatic heterocycles. The predicted molar refractivity (Wildman–Crippen MR) is 155 cm³/mol. The first kappa shape index (κ1) is 27.6. The van der Waals surface area contributed by atoms with Crippen LogP contribution >= 0.6 is 34.5 Å². The van der Waals surface area contributed by atoms with Crippen molar-refractivity contribution >= 4 is 58.0 Å². The number of hydrogen-bond acceptors (Lipinski definition) is 6. The number of ether oxygens (including phenoxy) is 1. The molecule has 8 nitrogen and oxygen atoms in total. The van der Waals surface area contributed by atoms with E-state index in [0.717, 1.165) is 11.3 Å². The van der Waals surface area contributed by atoms with Gasteiger partial charge in [0.25, 0.3) is 5.69 Å². The predicted octanol–water partition coefficient (Wildman–Crippen LogP) is 8.72. The second-order valence-corrected chi connectivity index (χ2v) is 11.5. The average Bonchev–Trinajstić information content (AvgIpc) is 3.66. The van der Waals surface area contributed by atoms with Gasteiger partial charge in [0.05, 0.1) is 30.8 Å². The molecule has 3 aromatic carbocycles. The molecular formula is C29H22Cl2N2O6S. The first-order chi connectivity index (χ1) is 19.1. The number of carboxylic acids is 1. The van der Waals surface area contributed by atoms with Gasteiger partial charge in [-0.3, -0.25) is 20.2 Å². The van der Waals surface area contributed by atoms with Gasteiger partial charge in [-0.15, -0.1) is 11.3 Å². The Morgan fingerprint density at radius 3 is 2.35 bits per heavy atom. The van der Waals surface area contributed by atoms with Crippen molar-refractivity contribution in [3.63, 3.8) is 0 Å². The lowest BCUT2D eigenvalue weighted by molar-refractivity contribution is -0.384. The summed E-state index contributed by atoms with van der Waals surface area (Å²) >= 11 is 13.6. The number of carboxylic acid groups (broad SMARTS) is 1. The molecule has 0 spiro atoms. The maximum absolute atomic E-state index is 12.7. The minimum atomic E-state index is -0.864. The van der Waals surface area contributed by atoms with Gasteiger partial charge in [-0.2, -0.15) is 0 Å². The third-order valence-corrected chi connectivity index (χ3v) is 8.59. The summed E-state index contributed by atoms with van der Waals surface area (Å²) < 4.78 is 5.87. The Kier molecular flexibility index (Phi) is 7.55. The number of rotatable bonds is 8. The molecule has 5 rings (SSSR count). The number of amides is 1. The van der Waals surface area contributed by atoms with Gasteiger partial charge in [0.2, 0.25) is 0 Å². The highest BCUT2D eigenvalue weighted by Crippen LogP contribution is 2.49. The van der Waals surface area contributed by atoms with E-state index in [4.69, 9.17) is 27.9 Å². The molecule has 4 aromatic rings. The molecule has 1 saturated carbocycles. The number of thiophene rings is 1. The van der Waals surface area contributed by atoms with E-state index in [-0.39, 0.29) is 5.69 Å². The number of halogens is 2. The summed E-state index contributed by atoms with van der Waals surface area (Å²) in [4.78, 5) is 36.4. The van der Waals surface area contributed by atoms with Crippen LogP contribution in [-0.4, -0.2) is 22.1 Å². The van der Waals surface area contributed by atoms with Crippen LogP contribution in [0.5, 0.6) is 0 Å². The Balaban J connectivity index is 1.40. The number of nitrogens with zero attached hydrogens (tertiary/aromatic N) is 1. The van der Waals surface area contributed by atoms with Crippen LogP contribution in [0.15, 0.2) is 72.8 Å². The summed E-state index contributed by atoms with van der Waals surface area (Å²) in [7, 11) is 0. The molecule has 1 amide bonds. The number of carbonyl (C=O) groups excluding carboxylic acids is 1. The van der Waals surface area contributed by atoms with Gasteiger partial charge in [0.1, 0.15) is 6.10 Å². The molecule has 1 heterocycles. The molecule has 1 atom stereocenters. The lowest BCUT2D eigenvalue weighted by Crippen LogP contribution is -2.19. The molecule has 40 heavy (non-hydrogen) atoms. The van der Waals surface area contributed by atoms with Gasteiger partial charge in [-0.1, -0.05) is 71.7 Å². The monoisotopic (exact) mass is 596 g/mol. The van der Waals surface area contributed by atoms with E-state index in [1.54, 1.807) is 73.7 Å². The van der Waals surface area contributed by atoms with E-state index < -0.39 is 28.5 Å². The van der Waals surface area contributed by atoms with E-state index >= 15 is 0 Å². The Hall–Kier alpha value is -3.92. The molecule has 1 aliphatic carbocycles. The number of nitrogens with one attached hydrogen (secondary N) is 1. The van der Waals surface area contributed by atoms with Crippen LogP contribution in [0.25, 0.3) is 21.6 Å². The Bertz CT molecular complexity index is 1630. The lowest BCUT2D eigenvalue weighted by atomic mass is 9.93. The van der Waals surface area contributed by atoms with Crippen molar-refractivity contribution < 1.29 is 24.4 Å². The van der Waals surface area contributed by atoms with Crippen LogP contribution in [0, 0.1) is 10.1 Å². The number of nitro groups is 1. The number of anilines is 1. The van der Waals surface area contributed by atoms with Crippen molar-refractivity contribution in [3.8, 4) is 21.6 Å². The molecule has 0 unspecified atom stereocenters. The number of benzene rings is 3. The van der Waals surface area contributed by atoms with Crippen molar-refractivity contribution in [1.82, 2.24) is 0 Å². The molecular weight excluding hydrogens is 575 g/mol. The SMILES string of the molecule is C[C@@H](OC(=O)Nc1cc(Cl)sc1-c1ccc(-c2ccc(C3(C(=O)O)CC3)cc2)c([N+](=O)[O-])c1)c1ccccc1Cl. The maximum atomic E-state index is 12.7. The van der Waals surface area contributed by atoms with Crippen molar-refractivity contribution in [1.29, 1.82) is 0 Å². The highest BCUT2D eigenvalue weighted by atomic mass is 35.5. The molecule has 2 N–H and O–H groups in total. The quantitative estimate of drug-likeness (QED) is 0.155. The fourth-order valence-corrected chi connectivity index (χ4v) is 6.09. The molecule has 0 radical (unpaired) electrons. The summed E-state index contributed by atoms with van der Waals surface area (Å²) in [5.74, 6) is -0.864. The number of hydrogen-bond donors (Lipinski definition) is 2. The van der Waals surface area contributed by atoms with Crippen LogP contribution in [0.3, 0.4) is 0 Å². The molecule has 11 heteroatoms. The smallest absolute Gasteiger partial charge is 0.412 e. The second-order valence-electron chi connectivity index (χ2n) is 9.44. The molecule has 0 bridgehead atoms. The highest BCUT2D eigenvalue weighted by molar-refractivity contribution is 7.20. The maximum Gasteiger partial charge on any atom is 0.412 e. The van der Waals surface area contributed by atoms with Gasteiger partial charge >= 0.3 is 12.1 Å². The zero-order valence-corrected chi connectivity index (χ0v) is 23.3. The molecule has 204 valence electrons. The summed E-state index contributed by atoms with van der Waals surface area (Å²) in [6.45, 7) is 1.70. The molecule has 0 aliphatic heterocycles. The summed E-state index contributed by atoms with van der Waals surface area (Å²) in [6.07, 6.45) is -0.210. The van der Waals surface area contributed by atoms with E-state index in [9.17, 15) is 24.8 Å². The van der Waals surface area contributed by atoms with Crippen LogP contribution in [-0.2, 0) is 14.9 Å². The van der Waals surface area contributed by atoms with Gasteiger partial charge in [-0.05, 0) is 49.1 Å². The van der Waals surface area contributed by atoms with Crippen LogP contribution in [0.4, 0.5) is 16.2 Å². The lowest BCUT2D eigenvalue weighted by Gasteiger charge is -2.15. The third kappa shape index (κ3) is 5.40. The fourth-order valence-electron chi connectivity index (χ4n) is 4.62. The van der Waals surface area contributed by atoms with Crippen LogP contribution in [0.1, 0.15) is 37.0 Å². The zero-order valence-electron chi connectivity index (χ0n) is 21.0. The average molecular weight is 597 g/mol. The zero-order chi connectivity index (χ0) is 28.6. The summed E-state index contributed by atoms with van der Waals surface area (Å²) in [5, 5.41) is 24.8. The van der Waals surface area contributed by atoms with Crippen LogP contribution in [0.2, 0.25) is 9.36 Å². The Labute approximate surface area is 243 Å². The van der Waals surface area contributed by atoms with E-state index in [0.29, 0.717) is 60.6 Å². The minimum absolute atomic E-state index is 0.144. The van der Waals surface area contributed by atoms with Crippen molar-refractivity contribution in [3.05, 3.63) is 103 Å². The normalized spacial score (nSPS) is 14.3. The van der Waals surface area contributed by atoms with Crippen molar-refractivity contribution in [2.45, 2.75) is 31.3 Å². The Morgan fingerprint density at radius 1 is 1.05 bits per heavy atom. The Morgan fingerprint density at radius 2 is 1.73 bits per heavy atom. The van der Waals surface area contributed by atoms with Gasteiger partial charge < -0.3 is 9.84 Å². The van der Waals surface area contributed by atoms with E-state index in [1.807, 2.05) is 0 Å². The molecule has 1 fully saturated rings. The fraction of sp³-hybridized carbons (Fsp3) is 0.172. The third-order valence-electron chi connectivity index (χ3n) is 6.93.